The van der Waals surface area contributed by atoms with Crippen molar-refractivity contribution >= 4 is 73.9 Å². The van der Waals surface area contributed by atoms with Gasteiger partial charge in [-0.3, -0.25) is 28.0 Å². The van der Waals surface area contributed by atoms with Crippen LogP contribution in [0.5, 0.6) is 0 Å². The van der Waals surface area contributed by atoms with Gasteiger partial charge in [-0.15, -0.1) is 0 Å². The summed E-state index contributed by atoms with van der Waals surface area (Å²) in [5, 5.41) is 22.3. The topological polar surface area (TPSA) is 292 Å². The standard InChI is InChI=1S/C21H26N10O11P2S2/c22-15-9-16(25-3-24-15)30(4-26-9)19-11(32)13(41-43-35)8(40-19)2-38-44(36,46)42-14-7(1-37-6-45)39-20(12(14)33)31-5-27-10-17(31)28-21(23)29-18(10)34/h3-5,7-8,11-14,19-20,32-33,45H,1-2,6H2,(H,36,46)(H2,22,24,25)(H3,23,28,29,34)/t7-,8-,11-,12-,13-,14-,19-,20-,44?/m1/s1. The lowest BCUT2D eigenvalue weighted by molar-refractivity contribution is -0.0607. The van der Waals surface area contributed by atoms with Crippen LogP contribution in [-0.2, 0) is 44.2 Å². The normalized spacial score (nSPS) is 29.7. The van der Waals surface area contributed by atoms with Crippen LogP contribution in [0.1, 0.15) is 12.5 Å². The molecule has 0 aliphatic carbocycles. The summed E-state index contributed by atoms with van der Waals surface area (Å²) in [6, 6.07) is 0. The van der Waals surface area contributed by atoms with Gasteiger partial charge in [0.2, 0.25) is 5.95 Å². The molecular formula is C21H26N10O11P2S2. The number of nitrogens with one attached hydrogen (secondary N) is 1. The summed E-state index contributed by atoms with van der Waals surface area (Å²) in [7, 11) is -0.766. The number of imidazole rings is 2. The van der Waals surface area contributed by atoms with Gasteiger partial charge in [0, 0.05) is 0 Å². The first-order valence-corrected chi connectivity index (χ1v) is 17.1. The molecule has 0 radical (unpaired) electrons. The monoisotopic (exact) mass is 720 g/mol. The third-order valence-electron chi connectivity index (χ3n) is 7.20. The Hall–Kier alpha value is -2.76. The minimum Gasteiger partial charge on any atom is -0.386 e. The molecule has 248 valence electrons. The first-order valence-electron chi connectivity index (χ1n) is 13.2. The molecule has 0 aromatic carbocycles. The average Bonchev–Trinajstić information content (AvgIpc) is 3.77. The van der Waals surface area contributed by atoms with E-state index in [0.29, 0.717) is 0 Å². The molecule has 0 bridgehead atoms. The van der Waals surface area contributed by atoms with Crippen LogP contribution in [0.4, 0.5) is 11.8 Å². The molecule has 0 saturated carbocycles. The van der Waals surface area contributed by atoms with Crippen molar-refractivity contribution in [1.82, 2.24) is 39.0 Å². The summed E-state index contributed by atoms with van der Waals surface area (Å²) in [5.41, 5.74) is 11.4. The van der Waals surface area contributed by atoms with Crippen LogP contribution in [0.2, 0.25) is 0 Å². The Kier molecular flexibility index (Phi) is 9.65. The molecule has 1 unspecified atom stereocenters. The fourth-order valence-electron chi connectivity index (χ4n) is 5.18. The zero-order valence-electron chi connectivity index (χ0n) is 23.1. The van der Waals surface area contributed by atoms with Gasteiger partial charge in [0.25, 0.3) is 5.56 Å². The fraction of sp³-hybridized carbons (Fsp3) is 0.524. The summed E-state index contributed by atoms with van der Waals surface area (Å²) in [5.74, 6) is -0.0896. The number of thiol groups is 1. The van der Waals surface area contributed by atoms with Crippen LogP contribution in [0.15, 0.2) is 23.8 Å². The first-order chi connectivity index (χ1) is 22.0. The molecule has 2 fully saturated rings. The first kappa shape index (κ1) is 33.2. The molecule has 6 heterocycles. The Labute approximate surface area is 269 Å². The molecule has 2 aliphatic rings. The van der Waals surface area contributed by atoms with Crippen molar-refractivity contribution in [3.63, 3.8) is 0 Å². The number of nitrogens with two attached hydrogens (primary N) is 2. The zero-order valence-corrected chi connectivity index (χ0v) is 26.6. The highest BCUT2D eigenvalue weighted by Crippen LogP contribution is 2.50. The maximum atomic E-state index is 12.3. The minimum atomic E-state index is -4.21. The highest BCUT2D eigenvalue weighted by atomic mass is 32.5. The molecule has 8 N–H and O–H groups in total. The maximum Gasteiger partial charge on any atom is 0.327 e. The van der Waals surface area contributed by atoms with Crippen molar-refractivity contribution < 1.29 is 47.5 Å². The van der Waals surface area contributed by atoms with Crippen LogP contribution >= 0.6 is 28.0 Å². The molecular weight excluding hydrogens is 694 g/mol. The van der Waals surface area contributed by atoms with Crippen molar-refractivity contribution in [2.45, 2.75) is 49.1 Å². The molecule has 4 aromatic heterocycles. The number of aromatic nitrogens is 8. The number of fused-ring (bicyclic) bond motifs is 2. The number of ether oxygens (including phenoxy) is 3. The number of nitrogens with zero attached hydrogens (tertiary/aromatic N) is 7. The molecule has 25 heteroatoms. The third kappa shape index (κ3) is 6.27. The minimum absolute atomic E-state index is 0.00756. The number of nitrogen functional groups attached to an aromatic ring is 2. The Balaban J connectivity index is 1.19. The van der Waals surface area contributed by atoms with Gasteiger partial charge in [-0.1, -0.05) is 0 Å². The summed E-state index contributed by atoms with van der Waals surface area (Å²) in [6.45, 7) is -4.86. The summed E-state index contributed by atoms with van der Waals surface area (Å²) >= 11 is 9.26. The molecule has 2 aliphatic heterocycles. The van der Waals surface area contributed by atoms with Crippen molar-refractivity contribution in [3.05, 3.63) is 29.3 Å². The predicted molar refractivity (Wildman–Crippen MR) is 162 cm³/mol. The van der Waals surface area contributed by atoms with Gasteiger partial charge in [-0.05, 0) is 11.8 Å². The van der Waals surface area contributed by atoms with E-state index in [1.807, 2.05) is 0 Å². The van der Waals surface area contributed by atoms with E-state index in [2.05, 4.69) is 42.5 Å². The lowest BCUT2D eigenvalue weighted by atomic mass is 10.1. The molecule has 2 saturated heterocycles. The second kappa shape index (κ2) is 13.4. The third-order valence-corrected chi connectivity index (χ3v) is 9.27. The molecule has 9 atom stereocenters. The molecule has 0 spiro atoms. The Morgan fingerprint density at radius 2 is 1.67 bits per heavy atom. The maximum absolute atomic E-state index is 12.3. The van der Waals surface area contributed by atoms with Crippen molar-refractivity contribution in [2.75, 3.05) is 30.6 Å². The van der Waals surface area contributed by atoms with Crippen molar-refractivity contribution in [3.8, 4) is 0 Å². The number of rotatable bonds is 12. The Bertz CT molecular complexity index is 1850. The van der Waals surface area contributed by atoms with E-state index in [-0.39, 0.29) is 46.6 Å². The quantitative estimate of drug-likeness (QED) is 0.0511. The van der Waals surface area contributed by atoms with E-state index in [1.165, 1.54) is 28.1 Å². The largest absolute Gasteiger partial charge is 0.386 e. The summed E-state index contributed by atoms with van der Waals surface area (Å²) in [6.07, 6.45) is -6.24. The SMILES string of the molecule is Nc1nc2c(ncn2[C@@H]2O[C@H](COCS)[C@@H](OP(O)(=S)OC[C@H]3O[C@@H](n4cnc5c(N)ncnc54)[C@H](O)[C@@H]3OP=O)[C@H]2O)c(=O)[nH]1. The fourth-order valence-corrected chi connectivity index (χ4v) is 7.09. The highest BCUT2D eigenvalue weighted by molar-refractivity contribution is 8.07. The van der Waals surface area contributed by atoms with Crippen molar-refractivity contribution in [1.29, 1.82) is 0 Å². The number of aliphatic hydroxyl groups excluding tert-OH is 2. The Morgan fingerprint density at radius 1 is 1.02 bits per heavy atom. The predicted octanol–water partition coefficient (Wildman–Crippen LogP) is -1.25. The number of hydrogen-bond acceptors (Lipinski definition) is 19. The van der Waals surface area contributed by atoms with Crippen LogP contribution in [0.3, 0.4) is 0 Å². The van der Waals surface area contributed by atoms with Gasteiger partial charge < -0.3 is 45.3 Å². The van der Waals surface area contributed by atoms with Gasteiger partial charge in [0.1, 0.15) is 48.5 Å². The zero-order chi connectivity index (χ0) is 32.7. The van der Waals surface area contributed by atoms with E-state index < -0.39 is 76.7 Å². The number of hydrogen-bond donors (Lipinski definition) is 7. The Morgan fingerprint density at radius 3 is 2.37 bits per heavy atom. The number of anilines is 2. The lowest BCUT2D eigenvalue weighted by Gasteiger charge is -2.26. The lowest BCUT2D eigenvalue weighted by Crippen LogP contribution is -2.37. The van der Waals surface area contributed by atoms with Gasteiger partial charge in [0.05, 0.1) is 31.8 Å². The second-order valence-corrected chi connectivity index (χ2v) is 13.4. The van der Waals surface area contributed by atoms with E-state index in [1.54, 1.807) is 0 Å². The van der Waals surface area contributed by atoms with Crippen molar-refractivity contribution in [2.24, 2.45) is 0 Å². The molecule has 0 amide bonds. The summed E-state index contributed by atoms with van der Waals surface area (Å²) in [4.78, 5) is 45.9. The smallest absolute Gasteiger partial charge is 0.327 e. The number of aromatic amines is 1. The molecule has 4 aromatic rings. The molecule has 21 nitrogen and oxygen atoms in total. The van der Waals surface area contributed by atoms with Crippen LogP contribution in [0.25, 0.3) is 22.3 Å². The molecule has 46 heavy (non-hydrogen) atoms. The van der Waals surface area contributed by atoms with Crippen LogP contribution in [-0.4, -0.2) is 110 Å². The van der Waals surface area contributed by atoms with Crippen LogP contribution in [0, 0.1) is 0 Å². The van der Waals surface area contributed by atoms with E-state index in [9.17, 15) is 24.5 Å². The number of aliphatic hydroxyl groups is 2. The van der Waals surface area contributed by atoms with Gasteiger partial charge in [-0.25, -0.2) is 24.5 Å². The van der Waals surface area contributed by atoms with E-state index in [4.69, 9.17) is 51.1 Å². The van der Waals surface area contributed by atoms with Crippen LogP contribution < -0.4 is 17.0 Å². The molecule has 6 rings (SSSR count). The average molecular weight is 721 g/mol. The van der Waals surface area contributed by atoms with E-state index >= 15 is 0 Å². The van der Waals surface area contributed by atoms with Gasteiger partial charge in [0.15, 0.2) is 35.1 Å². The number of H-pyrrole nitrogens is 1. The van der Waals surface area contributed by atoms with E-state index in [0.717, 1.165) is 0 Å². The van der Waals surface area contributed by atoms with Gasteiger partial charge >= 0.3 is 15.4 Å². The second-order valence-electron chi connectivity index (χ2n) is 9.95. The van der Waals surface area contributed by atoms with Gasteiger partial charge in [-0.2, -0.15) is 17.6 Å². The summed E-state index contributed by atoms with van der Waals surface area (Å²) < 4.78 is 47.7. The highest BCUT2D eigenvalue weighted by Gasteiger charge is 2.50.